The number of fused-ring (bicyclic) bond motifs is 1. The average molecular weight is 387 g/mol. The molecule has 2 N–H and O–H groups in total. The molecule has 0 radical (unpaired) electrons. The normalized spacial score (nSPS) is 17.5. The molecule has 0 aliphatic carbocycles. The zero-order valence-corrected chi connectivity index (χ0v) is 16.1. The molecule has 28 heavy (non-hydrogen) atoms. The van der Waals surface area contributed by atoms with Gasteiger partial charge in [0.05, 0.1) is 25.0 Å². The lowest BCUT2D eigenvalue weighted by molar-refractivity contribution is -0.125. The van der Waals surface area contributed by atoms with Crippen molar-refractivity contribution >= 4 is 23.0 Å². The summed E-state index contributed by atoms with van der Waals surface area (Å²) in [7, 11) is 1.58. The fourth-order valence-electron chi connectivity index (χ4n) is 3.21. The van der Waals surface area contributed by atoms with Crippen LogP contribution >= 0.6 is 0 Å². The monoisotopic (exact) mass is 387 g/mol. The van der Waals surface area contributed by atoms with Gasteiger partial charge in [-0.2, -0.15) is 0 Å². The van der Waals surface area contributed by atoms with Crippen molar-refractivity contribution in [1.82, 2.24) is 25.2 Å². The van der Waals surface area contributed by atoms with Gasteiger partial charge >= 0.3 is 0 Å². The number of hydrogen-bond donors (Lipinski definition) is 2. The molecule has 0 aromatic carbocycles. The van der Waals surface area contributed by atoms with Gasteiger partial charge in [0.2, 0.25) is 11.8 Å². The van der Waals surface area contributed by atoms with Gasteiger partial charge in [-0.15, -0.1) is 0 Å². The predicted molar refractivity (Wildman–Crippen MR) is 103 cm³/mol. The maximum absolute atomic E-state index is 12.5. The van der Waals surface area contributed by atoms with Gasteiger partial charge in [-0.05, 0) is 19.4 Å². The highest BCUT2D eigenvalue weighted by Gasteiger charge is 2.25. The molecule has 9 nitrogen and oxygen atoms in total. The van der Waals surface area contributed by atoms with Crippen molar-refractivity contribution in [3.63, 3.8) is 0 Å². The van der Waals surface area contributed by atoms with E-state index in [9.17, 15) is 9.59 Å². The van der Waals surface area contributed by atoms with Crippen molar-refractivity contribution < 1.29 is 19.1 Å². The zero-order chi connectivity index (χ0) is 20.1. The van der Waals surface area contributed by atoms with E-state index in [1.807, 2.05) is 6.92 Å². The number of nitrogens with zero attached hydrogens (tertiary/aromatic N) is 3. The Morgan fingerprint density at radius 2 is 2.36 bits per heavy atom. The quantitative estimate of drug-likeness (QED) is 0.658. The molecule has 1 aliphatic heterocycles. The number of aromatic amines is 1. The molecule has 3 rings (SSSR count). The van der Waals surface area contributed by atoms with Gasteiger partial charge < -0.3 is 24.7 Å². The van der Waals surface area contributed by atoms with Crippen LogP contribution in [-0.4, -0.2) is 71.1 Å². The lowest BCUT2D eigenvalue weighted by Gasteiger charge is -2.14. The van der Waals surface area contributed by atoms with Gasteiger partial charge in [-0.1, -0.05) is 6.58 Å². The second-order valence-electron chi connectivity index (χ2n) is 6.89. The average Bonchev–Trinajstić information content (AvgIpc) is 3.32. The van der Waals surface area contributed by atoms with E-state index < -0.39 is 0 Å². The van der Waals surface area contributed by atoms with Crippen LogP contribution in [0, 0.1) is 5.92 Å². The molecule has 2 atom stereocenters. The highest BCUT2D eigenvalue weighted by molar-refractivity contribution is 6.04. The Bertz CT molecular complexity index is 865. The molecule has 9 heteroatoms. The number of aromatic nitrogens is 3. The minimum Gasteiger partial charge on any atom is -0.476 e. The second kappa shape index (κ2) is 8.83. The first-order valence-corrected chi connectivity index (χ1v) is 9.20. The zero-order valence-electron chi connectivity index (χ0n) is 16.1. The topological polar surface area (TPSA) is 109 Å². The summed E-state index contributed by atoms with van der Waals surface area (Å²) >= 11 is 0. The third kappa shape index (κ3) is 4.48. The van der Waals surface area contributed by atoms with E-state index in [0.29, 0.717) is 48.9 Å². The van der Waals surface area contributed by atoms with E-state index >= 15 is 0 Å². The molecule has 1 saturated heterocycles. The third-order valence-corrected chi connectivity index (χ3v) is 4.64. The van der Waals surface area contributed by atoms with Crippen LogP contribution in [0.1, 0.15) is 23.7 Å². The van der Waals surface area contributed by atoms with E-state index in [1.54, 1.807) is 18.2 Å². The summed E-state index contributed by atoms with van der Waals surface area (Å²) in [5, 5.41) is 2.85. The first-order chi connectivity index (χ1) is 13.5. The lowest BCUT2D eigenvalue weighted by Crippen LogP contribution is -2.35. The molecule has 0 unspecified atom stereocenters. The number of rotatable bonds is 8. The summed E-state index contributed by atoms with van der Waals surface area (Å²) in [6.45, 7) is 7.55. The van der Waals surface area contributed by atoms with Gasteiger partial charge in [0, 0.05) is 38.4 Å². The molecule has 1 aliphatic rings. The van der Waals surface area contributed by atoms with E-state index in [1.165, 1.54) is 12.3 Å². The number of H-pyrrole nitrogens is 1. The van der Waals surface area contributed by atoms with Crippen molar-refractivity contribution in [2.24, 2.45) is 5.92 Å². The van der Waals surface area contributed by atoms with Gasteiger partial charge in [0.25, 0.3) is 5.91 Å². The molecule has 0 spiro atoms. The van der Waals surface area contributed by atoms with Gasteiger partial charge in [-0.25, -0.2) is 9.97 Å². The Kier molecular flexibility index (Phi) is 6.25. The van der Waals surface area contributed by atoms with Crippen LogP contribution in [0.3, 0.4) is 0 Å². The number of methoxy groups -OCH3 is 1. The van der Waals surface area contributed by atoms with Gasteiger partial charge in [-0.3, -0.25) is 9.59 Å². The van der Waals surface area contributed by atoms with Crippen LogP contribution in [-0.2, 0) is 9.53 Å². The Balaban J connectivity index is 1.64. The third-order valence-electron chi connectivity index (χ3n) is 4.64. The summed E-state index contributed by atoms with van der Waals surface area (Å²) in [5.41, 5.74) is 1.37. The fourth-order valence-corrected chi connectivity index (χ4v) is 3.21. The van der Waals surface area contributed by atoms with Crippen molar-refractivity contribution in [3.05, 3.63) is 30.6 Å². The maximum Gasteiger partial charge on any atom is 0.255 e. The van der Waals surface area contributed by atoms with Crippen molar-refractivity contribution in [3.8, 4) is 5.88 Å². The summed E-state index contributed by atoms with van der Waals surface area (Å²) in [4.78, 5) is 37.6. The summed E-state index contributed by atoms with van der Waals surface area (Å²) in [6, 6.07) is -0.126. The standard InChI is InChI=1S/C19H25N5O4/c1-4-16(25)24-6-5-13(9-24)11-28-15-8-21-18-17(23-15)14(7-20-18)19(26)22-12(2)10-27-3/h4,7-8,12-13H,1,5-6,9-11H2,2-3H3,(H,20,21)(H,22,26)/t12-,13+/m1/s1. The van der Waals surface area contributed by atoms with E-state index in [2.05, 4.69) is 26.8 Å². The number of nitrogens with one attached hydrogen (secondary N) is 2. The first kappa shape index (κ1) is 19.8. The molecule has 3 heterocycles. The maximum atomic E-state index is 12.5. The number of likely N-dealkylation sites (tertiary alicyclic amines) is 1. The SMILES string of the molecule is C=CC(=O)N1CC[C@H](COc2cnc3[nH]cc(C(=O)N[C@H](C)COC)c3n2)C1. The molecule has 2 aromatic rings. The van der Waals surface area contributed by atoms with E-state index in [4.69, 9.17) is 9.47 Å². The Morgan fingerprint density at radius 3 is 3.11 bits per heavy atom. The molecule has 0 saturated carbocycles. The van der Waals surface area contributed by atoms with Crippen molar-refractivity contribution in [2.45, 2.75) is 19.4 Å². The smallest absolute Gasteiger partial charge is 0.255 e. The number of carbonyl (C=O) groups is 2. The van der Waals surface area contributed by atoms with Crippen LogP contribution < -0.4 is 10.1 Å². The number of hydrogen-bond acceptors (Lipinski definition) is 6. The van der Waals surface area contributed by atoms with Crippen molar-refractivity contribution in [1.29, 1.82) is 0 Å². The molecule has 2 aromatic heterocycles. The molecular formula is C19H25N5O4. The summed E-state index contributed by atoms with van der Waals surface area (Å²) in [5.74, 6) is 0.260. The number of carbonyl (C=O) groups excluding carboxylic acids is 2. The Hall–Kier alpha value is -2.94. The van der Waals surface area contributed by atoms with Crippen molar-refractivity contribution in [2.75, 3.05) is 33.4 Å². The van der Waals surface area contributed by atoms with Gasteiger partial charge in [0.1, 0.15) is 5.52 Å². The predicted octanol–water partition coefficient (Wildman–Crippen LogP) is 1.14. The lowest BCUT2D eigenvalue weighted by atomic mass is 10.1. The van der Waals surface area contributed by atoms with Crippen LogP contribution in [0.4, 0.5) is 0 Å². The molecule has 1 fully saturated rings. The van der Waals surface area contributed by atoms with Crippen LogP contribution in [0.2, 0.25) is 0 Å². The second-order valence-corrected chi connectivity index (χ2v) is 6.89. The van der Waals surface area contributed by atoms with E-state index in [-0.39, 0.29) is 23.8 Å². The number of amides is 2. The Labute approximate surface area is 163 Å². The van der Waals surface area contributed by atoms with Crippen LogP contribution in [0.25, 0.3) is 11.2 Å². The van der Waals surface area contributed by atoms with Crippen LogP contribution in [0.15, 0.2) is 25.0 Å². The summed E-state index contributed by atoms with van der Waals surface area (Å²) < 4.78 is 10.8. The van der Waals surface area contributed by atoms with Gasteiger partial charge in [0.15, 0.2) is 5.65 Å². The molecule has 0 bridgehead atoms. The van der Waals surface area contributed by atoms with E-state index in [0.717, 1.165) is 6.42 Å². The fraction of sp³-hybridized carbons (Fsp3) is 0.474. The van der Waals surface area contributed by atoms with Crippen LogP contribution in [0.5, 0.6) is 5.88 Å². The Morgan fingerprint density at radius 1 is 1.54 bits per heavy atom. The molecule has 150 valence electrons. The highest BCUT2D eigenvalue weighted by atomic mass is 16.5. The molecule has 2 amide bonds. The largest absolute Gasteiger partial charge is 0.476 e. The highest BCUT2D eigenvalue weighted by Crippen LogP contribution is 2.20. The summed E-state index contributed by atoms with van der Waals surface area (Å²) in [6.07, 6.45) is 5.30. The minimum atomic E-state index is -0.253. The first-order valence-electron chi connectivity index (χ1n) is 9.20. The molecular weight excluding hydrogens is 362 g/mol. The number of ether oxygens (including phenoxy) is 2. The minimum absolute atomic E-state index is 0.0608.